The highest BCUT2D eigenvalue weighted by molar-refractivity contribution is 9.11. The van der Waals surface area contributed by atoms with Crippen molar-refractivity contribution in [1.82, 2.24) is 4.98 Å². The second-order valence-electron chi connectivity index (χ2n) is 3.63. The number of aryl methyl sites for hydroxylation is 1. The summed E-state index contributed by atoms with van der Waals surface area (Å²) in [5.74, 6) is 0. The molecule has 1 N–H and O–H groups in total. The first-order chi connectivity index (χ1) is 7.61. The predicted molar refractivity (Wildman–Crippen MR) is 76.0 cm³/mol. The van der Waals surface area contributed by atoms with Crippen LogP contribution in [0, 0.1) is 6.92 Å². The molecule has 0 fully saturated rings. The van der Waals surface area contributed by atoms with Gasteiger partial charge in [-0.15, -0.1) is 0 Å². The monoisotopic (exact) mass is 342 g/mol. The van der Waals surface area contributed by atoms with Crippen molar-refractivity contribution in [2.45, 2.75) is 13.8 Å². The highest BCUT2D eigenvalue weighted by atomic mass is 79.9. The first-order valence-corrected chi connectivity index (χ1v) is 6.70. The lowest BCUT2D eigenvalue weighted by Gasteiger charge is -2.10. The molecule has 16 heavy (non-hydrogen) atoms. The summed E-state index contributed by atoms with van der Waals surface area (Å²) in [6.07, 6.45) is 0. The van der Waals surface area contributed by atoms with Gasteiger partial charge in [0.1, 0.15) is 0 Å². The molecule has 0 radical (unpaired) electrons. The summed E-state index contributed by atoms with van der Waals surface area (Å²) in [4.78, 5) is 4.55. The zero-order chi connectivity index (χ0) is 11.7. The van der Waals surface area contributed by atoms with Gasteiger partial charge < -0.3 is 5.32 Å². The van der Waals surface area contributed by atoms with E-state index in [1.807, 2.05) is 13.0 Å². The van der Waals surface area contributed by atoms with Gasteiger partial charge in [0.05, 0.1) is 5.52 Å². The number of aromatic nitrogens is 1. The largest absolute Gasteiger partial charge is 0.385 e. The highest BCUT2D eigenvalue weighted by Gasteiger charge is 2.07. The quantitative estimate of drug-likeness (QED) is 0.868. The first-order valence-electron chi connectivity index (χ1n) is 5.12. The van der Waals surface area contributed by atoms with Gasteiger partial charge in [-0.2, -0.15) is 0 Å². The predicted octanol–water partition coefficient (Wildman–Crippen LogP) is 4.50. The van der Waals surface area contributed by atoms with Gasteiger partial charge in [-0.1, -0.05) is 15.9 Å². The second kappa shape index (κ2) is 4.72. The van der Waals surface area contributed by atoms with Gasteiger partial charge in [0.25, 0.3) is 0 Å². The fraction of sp³-hybridized carbons (Fsp3) is 0.250. The number of benzene rings is 1. The Morgan fingerprint density at radius 2 is 2.00 bits per heavy atom. The Kier molecular flexibility index (Phi) is 3.50. The van der Waals surface area contributed by atoms with E-state index in [-0.39, 0.29) is 0 Å². The van der Waals surface area contributed by atoms with Crippen molar-refractivity contribution in [2.75, 3.05) is 11.9 Å². The summed E-state index contributed by atoms with van der Waals surface area (Å²) in [5.41, 5.74) is 3.15. The van der Waals surface area contributed by atoms with Crippen LogP contribution in [0.4, 0.5) is 5.69 Å². The molecule has 0 aliphatic rings. The minimum absolute atomic E-state index is 0.905. The number of hydrogen-bond acceptors (Lipinski definition) is 2. The van der Waals surface area contributed by atoms with Gasteiger partial charge in [-0.3, -0.25) is 4.98 Å². The van der Waals surface area contributed by atoms with Crippen LogP contribution in [0.2, 0.25) is 0 Å². The van der Waals surface area contributed by atoms with E-state index < -0.39 is 0 Å². The number of anilines is 1. The van der Waals surface area contributed by atoms with E-state index in [0.29, 0.717) is 0 Å². The maximum absolute atomic E-state index is 4.55. The third-order valence-electron chi connectivity index (χ3n) is 2.33. The van der Waals surface area contributed by atoms with E-state index in [0.717, 1.165) is 37.8 Å². The van der Waals surface area contributed by atoms with Crippen LogP contribution in [-0.2, 0) is 0 Å². The molecular formula is C12H12Br2N2. The average molecular weight is 344 g/mol. The van der Waals surface area contributed by atoms with Gasteiger partial charge in [0.2, 0.25) is 0 Å². The number of rotatable bonds is 2. The molecule has 0 bridgehead atoms. The van der Waals surface area contributed by atoms with Gasteiger partial charge in [0.15, 0.2) is 0 Å². The molecule has 0 unspecified atom stereocenters. The standard InChI is InChI=1S/C12H12Br2N2/c1-3-15-11-4-7(2)16-12-9(11)5-8(13)6-10(12)14/h4-6H,3H2,1-2H3,(H,15,16). The van der Waals surface area contributed by atoms with Crippen LogP contribution in [0.15, 0.2) is 27.1 Å². The normalized spacial score (nSPS) is 10.8. The summed E-state index contributed by atoms with van der Waals surface area (Å²) >= 11 is 7.05. The Balaban J connectivity index is 2.78. The zero-order valence-corrected chi connectivity index (χ0v) is 12.3. The third-order valence-corrected chi connectivity index (χ3v) is 3.39. The van der Waals surface area contributed by atoms with Crippen LogP contribution in [0.1, 0.15) is 12.6 Å². The molecule has 2 nitrogen and oxygen atoms in total. The van der Waals surface area contributed by atoms with Crippen molar-refractivity contribution in [1.29, 1.82) is 0 Å². The molecule has 0 saturated carbocycles. The van der Waals surface area contributed by atoms with Crippen LogP contribution in [0.25, 0.3) is 10.9 Å². The lowest BCUT2D eigenvalue weighted by molar-refractivity contribution is 1.19. The van der Waals surface area contributed by atoms with E-state index in [1.165, 1.54) is 0 Å². The van der Waals surface area contributed by atoms with E-state index in [4.69, 9.17) is 0 Å². The summed E-state index contributed by atoms with van der Waals surface area (Å²) in [6.45, 7) is 5.01. The van der Waals surface area contributed by atoms with E-state index in [9.17, 15) is 0 Å². The molecule has 1 heterocycles. The number of halogens is 2. The maximum atomic E-state index is 4.55. The van der Waals surface area contributed by atoms with Crippen LogP contribution < -0.4 is 5.32 Å². The Hall–Kier alpha value is -0.610. The number of nitrogens with zero attached hydrogens (tertiary/aromatic N) is 1. The minimum Gasteiger partial charge on any atom is -0.385 e. The van der Waals surface area contributed by atoms with E-state index in [1.54, 1.807) is 0 Å². The van der Waals surface area contributed by atoms with Crippen molar-refractivity contribution in [2.24, 2.45) is 0 Å². The molecule has 1 aromatic carbocycles. The molecule has 0 aliphatic heterocycles. The van der Waals surface area contributed by atoms with Crippen molar-refractivity contribution in [3.05, 3.63) is 32.8 Å². The summed E-state index contributed by atoms with van der Waals surface area (Å²) < 4.78 is 2.07. The Morgan fingerprint density at radius 1 is 1.25 bits per heavy atom. The maximum Gasteiger partial charge on any atom is 0.0868 e. The van der Waals surface area contributed by atoms with Gasteiger partial charge in [0, 0.05) is 32.3 Å². The lowest BCUT2D eigenvalue weighted by Crippen LogP contribution is -1.99. The smallest absolute Gasteiger partial charge is 0.0868 e. The number of fused-ring (bicyclic) bond motifs is 1. The summed E-state index contributed by atoms with van der Waals surface area (Å²) in [6, 6.07) is 6.18. The van der Waals surface area contributed by atoms with Crippen molar-refractivity contribution in [3.63, 3.8) is 0 Å². The number of pyridine rings is 1. The van der Waals surface area contributed by atoms with Crippen LogP contribution in [0.5, 0.6) is 0 Å². The van der Waals surface area contributed by atoms with Gasteiger partial charge in [-0.05, 0) is 48.0 Å². The topological polar surface area (TPSA) is 24.9 Å². The first kappa shape index (κ1) is 11.9. The molecule has 4 heteroatoms. The fourth-order valence-electron chi connectivity index (χ4n) is 1.72. The molecule has 0 aliphatic carbocycles. The Bertz CT molecular complexity index is 538. The second-order valence-corrected chi connectivity index (χ2v) is 5.40. The van der Waals surface area contributed by atoms with Crippen molar-refractivity contribution < 1.29 is 0 Å². The molecule has 0 saturated heterocycles. The summed E-state index contributed by atoms with van der Waals surface area (Å²) in [5, 5.41) is 4.50. The van der Waals surface area contributed by atoms with Crippen LogP contribution >= 0.6 is 31.9 Å². The van der Waals surface area contributed by atoms with Crippen molar-refractivity contribution in [3.8, 4) is 0 Å². The number of hydrogen-bond donors (Lipinski definition) is 1. The van der Waals surface area contributed by atoms with Crippen molar-refractivity contribution >= 4 is 48.5 Å². The summed E-state index contributed by atoms with van der Waals surface area (Å²) in [7, 11) is 0. The van der Waals surface area contributed by atoms with E-state index >= 15 is 0 Å². The lowest BCUT2D eigenvalue weighted by atomic mass is 10.1. The zero-order valence-electron chi connectivity index (χ0n) is 9.14. The molecule has 0 amide bonds. The molecule has 0 spiro atoms. The SMILES string of the molecule is CCNc1cc(C)nc2c(Br)cc(Br)cc12. The van der Waals surface area contributed by atoms with Gasteiger partial charge in [-0.25, -0.2) is 0 Å². The molecule has 84 valence electrons. The third kappa shape index (κ3) is 2.23. The molecule has 2 aromatic rings. The van der Waals surface area contributed by atoms with E-state index in [2.05, 4.69) is 61.2 Å². The molecule has 1 aromatic heterocycles. The molecular weight excluding hydrogens is 332 g/mol. The molecule has 2 rings (SSSR count). The number of nitrogens with one attached hydrogen (secondary N) is 1. The Labute approximate surface area is 112 Å². The van der Waals surface area contributed by atoms with Crippen LogP contribution in [-0.4, -0.2) is 11.5 Å². The fourth-order valence-corrected chi connectivity index (χ4v) is 3.03. The molecule has 0 atom stereocenters. The Morgan fingerprint density at radius 3 is 2.69 bits per heavy atom. The van der Waals surface area contributed by atoms with Crippen LogP contribution in [0.3, 0.4) is 0 Å². The minimum atomic E-state index is 0.905. The van der Waals surface area contributed by atoms with Gasteiger partial charge >= 0.3 is 0 Å². The highest BCUT2D eigenvalue weighted by Crippen LogP contribution is 2.32. The average Bonchev–Trinajstić information content (AvgIpc) is 2.20.